The highest BCUT2D eigenvalue weighted by atomic mass is 79.9. The van der Waals surface area contributed by atoms with Gasteiger partial charge in [0.2, 0.25) is 0 Å². The Balaban J connectivity index is 1.74. The van der Waals surface area contributed by atoms with Crippen LogP contribution in [0.25, 0.3) is 16.6 Å². The Kier molecular flexibility index (Phi) is 4.21. The van der Waals surface area contributed by atoms with Gasteiger partial charge in [-0.2, -0.15) is 10.4 Å². The van der Waals surface area contributed by atoms with Crippen LogP contribution in [0.1, 0.15) is 31.2 Å². The van der Waals surface area contributed by atoms with Crippen LogP contribution in [0.15, 0.2) is 41.0 Å². The summed E-state index contributed by atoms with van der Waals surface area (Å²) in [5.74, 6) is 0.496. The second kappa shape index (κ2) is 6.67. The van der Waals surface area contributed by atoms with Gasteiger partial charge >= 0.3 is 0 Å². The van der Waals surface area contributed by atoms with Gasteiger partial charge in [0.1, 0.15) is 17.3 Å². The van der Waals surface area contributed by atoms with E-state index < -0.39 is 5.41 Å². The molecule has 7 heteroatoms. The zero-order valence-corrected chi connectivity index (χ0v) is 17.1. The molecule has 2 aliphatic rings. The Morgan fingerprint density at radius 1 is 1.34 bits per heavy atom. The fraction of sp³-hybridized carbons (Fsp3) is 0.318. The first-order chi connectivity index (χ1) is 14.0. The lowest BCUT2D eigenvalue weighted by Gasteiger charge is -2.37. The summed E-state index contributed by atoms with van der Waals surface area (Å²) in [5.41, 5.74) is 1.61. The SMILES string of the molecule is N#CC12CCC(=O)CC1CCOc1c2cc2cnn(-c3ccc(F)cc3)c2c1Br. The van der Waals surface area contributed by atoms with Crippen molar-refractivity contribution in [2.45, 2.75) is 31.1 Å². The zero-order chi connectivity index (χ0) is 20.2. The van der Waals surface area contributed by atoms with E-state index in [1.54, 1.807) is 23.0 Å². The van der Waals surface area contributed by atoms with Crippen LogP contribution in [0, 0.1) is 23.1 Å². The van der Waals surface area contributed by atoms with Gasteiger partial charge in [-0.3, -0.25) is 4.79 Å². The van der Waals surface area contributed by atoms with Crippen molar-refractivity contribution in [3.05, 3.63) is 52.4 Å². The molecule has 29 heavy (non-hydrogen) atoms. The first-order valence-corrected chi connectivity index (χ1v) is 10.4. The average molecular weight is 454 g/mol. The molecule has 2 heterocycles. The molecule has 1 aliphatic carbocycles. The van der Waals surface area contributed by atoms with Crippen molar-refractivity contribution in [2.75, 3.05) is 6.61 Å². The number of aromatic nitrogens is 2. The number of ketones is 1. The molecule has 146 valence electrons. The molecule has 1 aliphatic heterocycles. The third-order valence-electron chi connectivity index (χ3n) is 6.18. The number of ether oxygens (including phenoxy) is 1. The summed E-state index contributed by atoms with van der Waals surface area (Å²) in [6, 6.07) is 10.6. The van der Waals surface area contributed by atoms with E-state index in [1.165, 1.54) is 12.1 Å². The van der Waals surface area contributed by atoms with Gasteiger partial charge in [-0.1, -0.05) is 0 Å². The fourth-order valence-electron chi connectivity index (χ4n) is 4.69. The average Bonchev–Trinajstić information content (AvgIpc) is 3.08. The summed E-state index contributed by atoms with van der Waals surface area (Å²) in [5, 5.41) is 15.6. The standard InChI is InChI=1S/C22H17BrFN3O2/c23-19-20-13(11-26-27(20)16-3-1-15(24)2-4-16)9-18-21(19)29-8-6-14-10-17(28)5-7-22(14,18)12-25/h1-4,9,11,14H,5-8,10H2. The zero-order valence-electron chi connectivity index (χ0n) is 15.5. The van der Waals surface area contributed by atoms with E-state index in [0.29, 0.717) is 38.0 Å². The lowest BCUT2D eigenvalue weighted by atomic mass is 9.62. The molecule has 3 aromatic rings. The van der Waals surface area contributed by atoms with Crippen molar-refractivity contribution in [1.82, 2.24) is 9.78 Å². The van der Waals surface area contributed by atoms with E-state index in [9.17, 15) is 14.4 Å². The van der Waals surface area contributed by atoms with E-state index in [1.807, 2.05) is 6.07 Å². The van der Waals surface area contributed by atoms with Crippen molar-refractivity contribution >= 4 is 32.6 Å². The monoisotopic (exact) mass is 453 g/mol. The van der Waals surface area contributed by atoms with Gasteiger partial charge < -0.3 is 4.74 Å². The minimum Gasteiger partial charge on any atom is -0.492 e. The third kappa shape index (κ3) is 2.70. The largest absolute Gasteiger partial charge is 0.492 e. The van der Waals surface area contributed by atoms with Crippen LogP contribution in [-0.2, 0) is 10.2 Å². The summed E-state index contributed by atoms with van der Waals surface area (Å²) in [6.45, 7) is 0.448. The molecular weight excluding hydrogens is 437 g/mol. The molecule has 0 saturated heterocycles. The number of Topliss-reactive ketones (excluding diaryl/α,β-unsaturated/α-hetero) is 1. The van der Waals surface area contributed by atoms with Gasteiger partial charge in [0.15, 0.2) is 0 Å². The van der Waals surface area contributed by atoms with Crippen LogP contribution >= 0.6 is 15.9 Å². The Morgan fingerprint density at radius 2 is 2.14 bits per heavy atom. The maximum atomic E-state index is 13.3. The smallest absolute Gasteiger partial charge is 0.140 e. The summed E-state index contributed by atoms with van der Waals surface area (Å²) in [6.07, 6.45) is 3.74. The van der Waals surface area contributed by atoms with Crippen LogP contribution in [0.4, 0.5) is 4.39 Å². The summed E-state index contributed by atoms with van der Waals surface area (Å²) >= 11 is 3.69. The van der Waals surface area contributed by atoms with Crippen molar-refractivity contribution < 1.29 is 13.9 Å². The van der Waals surface area contributed by atoms with Crippen molar-refractivity contribution in [3.8, 4) is 17.5 Å². The molecule has 0 bridgehead atoms. The molecule has 1 saturated carbocycles. The van der Waals surface area contributed by atoms with Gasteiger partial charge in [-0.05, 0) is 65.0 Å². The fourth-order valence-corrected chi connectivity index (χ4v) is 5.41. The summed E-state index contributed by atoms with van der Waals surface area (Å²) in [4.78, 5) is 12.1. The maximum Gasteiger partial charge on any atom is 0.140 e. The maximum absolute atomic E-state index is 13.3. The lowest BCUT2D eigenvalue weighted by molar-refractivity contribution is -0.122. The number of benzene rings is 2. The van der Waals surface area contributed by atoms with Gasteiger partial charge in [-0.15, -0.1) is 0 Å². The first kappa shape index (κ1) is 18.3. The van der Waals surface area contributed by atoms with Gasteiger partial charge in [0, 0.05) is 23.8 Å². The topological polar surface area (TPSA) is 67.9 Å². The number of hydrogen-bond acceptors (Lipinski definition) is 4. The number of rotatable bonds is 1. The highest BCUT2D eigenvalue weighted by Crippen LogP contribution is 2.52. The molecule has 1 fully saturated rings. The van der Waals surface area contributed by atoms with E-state index in [-0.39, 0.29) is 17.5 Å². The first-order valence-electron chi connectivity index (χ1n) is 9.56. The van der Waals surface area contributed by atoms with Crippen LogP contribution in [0.2, 0.25) is 0 Å². The van der Waals surface area contributed by atoms with Crippen LogP contribution in [-0.4, -0.2) is 22.2 Å². The summed E-state index contributed by atoms with van der Waals surface area (Å²) < 4.78 is 21.9. The molecule has 2 atom stereocenters. The number of carbonyl (C=O) groups excluding carboxylic acids is 1. The molecule has 0 radical (unpaired) electrons. The third-order valence-corrected chi connectivity index (χ3v) is 6.92. The Hall–Kier alpha value is -2.72. The molecule has 0 N–H and O–H groups in total. The van der Waals surface area contributed by atoms with Crippen LogP contribution in [0.3, 0.4) is 0 Å². The number of nitrogens with zero attached hydrogens (tertiary/aromatic N) is 3. The molecule has 5 rings (SSSR count). The van der Waals surface area contributed by atoms with E-state index in [4.69, 9.17) is 4.74 Å². The van der Waals surface area contributed by atoms with E-state index in [2.05, 4.69) is 27.1 Å². The molecule has 5 nitrogen and oxygen atoms in total. The molecule has 1 aromatic heterocycles. The second-order valence-corrected chi connectivity index (χ2v) is 8.49. The highest BCUT2D eigenvalue weighted by Gasteiger charge is 2.48. The van der Waals surface area contributed by atoms with Gasteiger partial charge in [-0.25, -0.2) is 9.07 Å². The Labute approximate surface area is 175 Å². The van der Waals surface area contributed by atoms with Gasteiger partial charge in [0.25, 0.3) is 0 Å². The number of hydrogen-bond donors (Lipinski definition) is 0. The predicted molar refractivity (Wildman–Crippen MR) is 108 cm³/mol. The van der Waals surface area contributed by atoms with Crippen LogP contribution in [0.5, 0.6) is 5.75 Å². The number of carbonyl (C=O) groups is 1. The van der Waals surface area contributed by atoms with Gasteiger partial charge in [0.05, 0.1) is 40.0 Å². The molecule has 0 amide bonds. The minimum atomic E-state index is -0.742. The number of fused-ring (bicyclic) bond motifs is 4. The lowest BCUT2D eigenvalue weighted by Crippen LogP contribution is -2.39. The van der Waals surface area contributed by atoms with Crippen molar-refractivity contribution in [3.63, 3.8) is 0 Å². The highest BCUT2D eigenvalue weighted by molar-refractivity contribution is 9.10. The Bertz CT molecular complexity index is 1180. The van der Waals surface area contributed by atoms with Crippen molar-refractivity contribution in [2.24, 2.45) is 5.92 Å². The quantitative estimate of drug-likeness (QED) is 0.528. The van der Waals surface area contributed by atoms with Crippen LogP contribution < -0.4 is 4.74 Å². The number of nitriles is 1. The Morgan fingerprint density at radius 3 is 2.90 bits per heavy atom. The molecular formula is C22H17BrFN3O2. The minimum absolute atomic E-state index is 0.0495. The van der Waals surface area contributed by atoms with Crippen molar-refractivity contribution in [1.29, 1.82) is 5.26 Å². The molecule has 2 unspecified atom stereocenters. The normalized spacial score (nSPS) is 23.6. The second-order valence-electron chi connectivity index (χ2n) is 7.70. The molecule has 0 spiro atoms. The van der Waals surface area contributed by atoms with E-state index >= 15 is 0 Å². The molecule has 2 aromatic carbocycles. The number of halogens is 2. The van der Waals surface area contributed by atoms with E-state index in [0.717, 1.165) is 26.6 Å². The predicted octanol–water partition coefficient (Wildman–Crippen LogP) is 4.84. The summed E-state index contributed by atoms with van der Waals surface area (Å²) in [7, 11) is 0.